The Morgan fingerprint density at radius 3 is 2.86 bits per heavy atom. The maximum absolute atomic E-state index is 14.2. The molecule has 1 aliphatic carbocycles. The Morgan fingerprint density at radius 2 is 2.14 bits per heavy atom. The molecule has 0 saturated heterocycles. The number of amidine groups is 1. The highest BCUT2D eigenvalue weighted by Gasteiger charge is 2.14. The number of hydrogen-bond acceptors (Lipinski definition) is 3. The molecule has 0 heterocycles. The van der Waals surface area contributed by atoms with Crippen LogP contribution in [-0.2, 0) is 6.54 Å². The van der Waals surface area contributed by atoms with Gasteiger partial charge in [0.2, 0.25) is 0 Å². The van der Waals surface area contributed by atoms with Crippen LogP contribution < -0.4 is 11.1 Å². The van der Waals surface area contributed by atoms with Crippen molar-refractivity contribution in [2.75, 3.05) is 6.54 Å². The molecule has 4 N–H and O–H groups in total. The van der Waals surface area contributed by atoms with Gasteiger partial charge < -0.3 is 16.3 Å². The van der Waals surface area contributed by atoms with Crippen LogP contribution in [0.3, 0.4) is 0 Å². The number of rotatable bonds is 7. The lowest BCUT2D eigenvalue weighted by molar-refractivity contribution is 0.318. The van der Waals surface area contributed by atoms with Crippen LogP contribution in [0.1, 0.15) is 49.7 Å². The third-order valence-electron chi connectivity index (χ3n) is 4.22. The molecule has 116 valence electrons. The van der Waals surface area contributed by atoms with E-state index in [4.69, 9.17) is 10.9 Å². The van der Waals surface area contributed by atoms with Crippen LogP contribution in [0.4, 0.5) is 4.39 Å². The summed E-state index contributed by atoms with van der Waals surface area (Å²) in [5.74, 6) is 0.277. The lowest BCUT2D eigenvalue weighted by Crippen LogP contribution is -2.19. The monoisotopic (exact) mass is 293 g/mol. The summed E-state index contributed by atoms with van der Waals surface area (Å²) in [6.07, 6.45) is 7.90. The summed E-state index contributed by atoms with van der Waals surface area (Å²) in [6.45, 7) is 1.35. The molecule has 4 nitrogen and oxygen atoms in total. The summed E-state index contributed by atoms with van der Waals surface area (Å²) in [4.78, 5) is 0. The normalized spacial score (nSPS) is 16.5. The maximum atomic E-state index is 14.2. The fraction of sp³-hybridized carbons (Fsp3) is 0.562. The number of nitrogens with zero attached hydrogens (tertiary/aromatic N) is 1. The molecule has 2 rings (SSSR count). The summed E-state index contributed by atoms with van der Waals surface area (Å²) in [5.41, 5.74) is 6.13. The van der Waals surface area contributed by atoms with Crippen molar-refractivity contribution in [1.29, 1.82) is 0 Å². The van der Waals surface area contributed by atoms with Crippen LogP contribution in [0.15, 0.2) is 23.4 Å². The minimum Gasteiger partial charge on any atom is -0.409 e. The third-order valence-corrected chi connectivity index (χ3v) is 4.22. The zero-order valence-corrected chi connectivity index (χ0v) is 12.3. The second-order valence-corrected chi connectivity index (χ2v) is 5.73. The van der Waals surface area contributed by atoms with Gasteiger partial charge in [0.25, 0.3) is 0 Å². The van der Waals surface area contributed by atoms with E-state index in [1.807, 2.05) is 0 Å². The van der Waals surface area contributed by atoms with Gasteiger partial charge in [0.15, 0.2) is 5.84 Å². The number of hydrogen-bond donors (Lipinski definition) is 3. The molecular formula is C16H24FN3O. The van der Waals surface area contributed by atoms with Crippen LogP contribution in [0.2, 0.25) is 0 Å². The first kappa shape index (κ1) is 15.8. The minimum absolute atomic E-state index is 0.141. The predicted octanol–water partition coefficient (Wildman–Crippen LogP) is 2.98. The number of halogens is 1. The van der Waals surface area contributed by atoms with E-state index in [9.17, 15) is 4.39 Å². The molecule has 0 unspecified atom stereocenters. The van der Waals surface area contributed by atoms with E-state index in [0.717, 1.165) is 18.9 Å². The van der Waals surface area contributed by atoms with E-state index < -0.39 is 5.82 Å². The van der Waals surface area contributed by atoms with E-state index in [2.05, 4.69) is 10.5 Å². The smallest absolute Gasteiger partial charge is 0.173 e. The quantitative estimate of drug-likeness (QED) is 0.238. The zero-order chi connectivity index (χ0) is 15.1. The Kier molecular flexibility index (Phi) is 5.99. The SMILES string of the molecule is N/C(=N/O)c1cccc(CNCCCC2CCCC2)c1F. The van der Waals surface area contributed by atoms with Crippen LogP contribution in [-0.4, -0.2) is 17.6 Å². The van der Waals surface area contributed by atoms with Crippen LogP contribution in [0.5, 0.6) is 0 Å². The van der Waals surface area contributed by atoms with Crippen LogP contribution >= 0.6 is 0 Å². The van der Waals surface area contributed by atoms with Gasteiger partial charge in [-0.3, -0.25) is 0 Å². The van der Waals surface area contributed by atoms with Crippen molar-refractivity contribution in [3.05, 3.63) is 35.1 Å². The zero-order valence-electron chi connectivity index (χ0n) is 12.3. The predicted molar refractivity (Wildman–Crippen MR) is 81.8 cm³/mol. The average Bonchev–Trinajstić information content (AvgIpc) is 3.01. The average molecular weight is 293 g/mol. The summed E-state index contributed by atoms with van der Waals surface area (Å²) in [5, 5.41) is 14.7. The number of nitrogens with two attached hydrogens (primary N) is 1. The Balaban J connectivity index is 1.77. The Bertz CT molecular complexity index is 484. The van der Waals surface area contributed by atoms with E-state index in [-0.39, 0.29) is 11.4 Å². The molecule has 1 saturated carbocycles. The van der Waals surface area contributed by atoms with Gasteiger partial charge in [-0.1, -0.05) is 43.0 Å². The molecule has 21 heavy (non-hydrogen) atoms. The molecule has 1 aliphatic rings. The highest BCUT2D eigenvalue weighted by atomic mass is 19.1. The van der Waals surface area contributed by atoms with Gasteiger partial charge in [0.1, 0.15) is 5.82 Å². The van der Waals surface area contributed by atoms with Gasteiger partial charge in [-0.25, -0.2) is 4.39 Å². The van der Waals surface area contributed by atoms with Crippen molar-refractivity contribution in [3.63, 3.8) is 0 Å². The Labute approximate surface area is 125 Å². The minimum atomic E-state index is -0.420. The lowest BCUT2D eigenvalue weighted by atomic mass is 10.0. The Morgan fingerprint density at radius 1 is 1.38 bits per heavy atom. The second-order valence-electron chi connectivity index (χ2n) is 5.73. The molecule has 0 atom stereocenters. The van der Waals surface area contributed by atoms with Gasteiger partial charge in [0.05, 0.1) is 5.56 Å². The first-order valence-electron chi connectivity index (χ1n) is 7.68. The highest BCUT2D eigenvalue weighted by molar-refractivity contribution is 5.97. The summed E-state index contributed by atoms with van der Waals surface area (Å²) < 4.78 is 14.2. The lowest BCUT2D eigenvalue weighted by Gasteiger charge is -2.10. The van der Waals surface area contributed by atoms with E-state index in [1.54, 1.807) is 12.1 Å². The van der Waals surface area contributed by atoms with E-state index in [0.29, 0.717) is 12.1 Å². The van der Waals surface area contributed by atoms with Crippen molar-refractivity contribution in [2.24, 2.45) is 16.8 Å². The summed E-state index contributed by atoms with van der Waals surface area (Å²) in [6, 6.07) is 4.94. The topological polar surface area (TPSA) is 70.6 Å². The largest absolute Gasteiger partial charge is 0.409 e. The molecule has 5 heteroatoms. The third kappa shape index (κ3) is 4.43. The molecule has 0 radical (unpaired) electrons. The molecule has 1 aromatic rings. The van der Waals surface area contributed by atoms with Gasteiger partial charge in [0, 0.05) is 12.1 Å². The number of nitrogens with one attached hydrogen (secondary N) is 1. The van der Waals surface area contributed by atoms with Gasteiger partial charge in [-0.2, -0.15) is 0 Å². The standard InChI is InChI=1S/C16H24FN3O/c17-15-13(8-3-9-14(15)16(18)20-21)11-19-10-4-7-12-5-1-2-6-12/h3,8-9,12,19,21H,1-2,4-7,10-11H2,(H2,18,20). The molecule has 0 aliphatic heterocycles. The second kappa shape index (κ2) is 7.98. The molecule has 0 spiro atoms. The van der Waals surface area contributed by atoms with Crippen molar-refractivity contribution < 1.29 is 9.60 Å². The molecule has 0 bridgehead atoms. The van der Waals surface area contributed by atoms with Gasteiger partial charge >= 0.3 is 0 Å². The number of benzene rings is 1. The van der Waals surface area contributed by atoms with Crippen molar-refractivity contribution in [1.82, 2.24) is 5.32 Å². The summed E-state index contributed by atoms with van der Waals surface area (Å²) >= 11 is 0. The Hall–Kier alpha value is -1.62. The van der Waals surface area contributed by atoms with E-state index >= 15 is 0 Å². The van der Waals surface area contributed by atoms with Crippen molar-refractivity contribution in [2.45, 2.75) is 45.1 Å². The fourth-order valence-electron chi connectivity index (χ4n) is 3.01. The van der Waals surface area contributed by atoms with Gasteiger partial charge in [-0.05, 0) is 31.4 Å². The van der Waals surface area contributed by atoms with E-state index in [1.165, 1.54) is 38.2 Å². The number of oxime groups is 1. The van der Waals surface area contributed by atoms with Gasteiger partial charge in [-0.15, -0.1) is 0 Å². The first-order valence-corrected chi connectivity index (χ1v) is 7.68. The first-order chi connectivity index (χ1) is 10.2. The molecule has 0 aromatic heterocycles. The fourth-order valence-corrected chi connectivity index (χ4v) is 3.01. The van der Waals surface area contributed by atoms with Crippen LogP contribution in [0.25, 0.3) is 0 Å². The maximum Gasteiger partial charge on any atom is 0.173 e. The van der Waals surface area contributed by atoms with Crippen LogP contribution in [0, 0.1) is 11.7 Å². The molecule has 1 fully saturated rings. The molecular weight excluding hydrogens is 269 g/mol. The van der Waals surface area contributed by atoms with Crippen molar-refractivity contribution in [3.8, 4) is 0 Å². The molecule has 0 amide bonds. The summed E-state index contributed by atoms with van der Waals surface area (Å²) in [7, 11) is 0. The van der Waals surface area contributed by atoms with Crippen molar-refractivity contribution >= 4 is 5.84 Å². The molecule has 1 aromatic carbocycles. The highest BCUT2D eigenvalue weighted by Crippen LogP contribution is 2.28.